The Kier molecular flexibility index (Phi) is 7.33. The van der Waals surface area contributed by atoms with Crippen molar-refractivity contribution in [1.82, 2.24) is 9.80 Å². The Labute approximate surface area is 221 Å². The average Bonchev–Trinajstić information content (AvgIpc) is 3.42. The Morgan fingerprint density at radius 2 is 1.54 bits per heavy atom. The van der Waals surface area contributed by atoms with Crippen LogP contribution in [0, 0.1) is 11.8 Å². The van der Waals surface area contributed by atoms with Crippen LogP contribution in [0.5, 0.6) is 5.75 Å². The molecule has 5 atom stereocenters. The number of hydrogen-bond acceptors (Lipinski definition) is 4. The quantitative estimate of drug-likeness (QED) is 0.546. The molecule has 37 heavy (non-hydrogen) atoms. The molecule has 1 N–H and O–H groups in total. The lowest BCUT2D eigenvalue weighted by Gasteiger charge is -2.56. The van der Waals surface area contributed by atoms with Gasteiger partial charge in [-0.2, -0.15) is 0 Å². The van der Waals surface area contributed by atoms with E-state index in [1.807, 2.05) is 23.1 Å². The summed E-state index contributed by atoms with van der Waals surface area (Å²) in [6.45, 7) is 1.26. The third-order valence-electron chi connectivity index (χ3n) is 9.94. The van der Waals surface area contributed by atoms with Crippen LogP contribution >= 0.6 is 0 Å². The topological polar surface area (TPSA) is 73.3 Å². The predicted octanol–water partition coefficient (Wildman–Crippen LogP) is 5.53. The summed E-state index contributed by atoms with van der Waals surface area (Å²) in [4.78, 5) is 32.0. The van der Waals surface area contributed by atoms with Crippen molar-refractivity contribution in [2.75, 3.05) is 24.6 Å². The minimum Gasteiger partial charge on any atom is -0.482 e. The number of likely N-dealkylation sites (tertiary alicyclic amines) is 1. The second kappa shape index (κ2) is 10.8. The largest absolute Gasteiger partial charge is 0.482 e. The lowest BCUT2D eigenvalue weighted by Crippen LogP contribution is -2.62. The summed E-state index contributed by atoms with van der Waals surface area (Å²) in [5.74, 6) is 1.36. The van der Waals surface area contributed by atoms with Crippen LogP contribution in [0.3, 0.4) is 0 Å². The monoisotopic (exact) mass is 509 g/mol. The first-order chi connectivity index (χ1) is 18.0. The van der Waals surface area contributed by atoms with Crippen molar-refractivity contribution in [3.63, 3.8) is 0 Å². The van der Waals surface area contributed by atoms with Crippen LogP contribution in [0.25, 0.3) is 0 Å². The molecule has 4 unspecified atom stereocenters. The highest BCUT2D eigenvalue weighted by Crippen LogP contribution is 2.46. The number of anilines is 1. The lowest BCUT2D eigenvalue weighted by molar-refractivity contribution is -0.139. The first-order valence-corrected chi connectivity index (χ1v) is 14.9. The van der Waals surface area contributed by atoms with Crippen molar-refractivity contribution < 1.29 is 19.4 Å². The number of aliphatic carboxylic acids is 1. The summed E-state index contributed by atoms with van der Waals surface area (Å²) >= 11 is 0. The molecule has 202 valence electrons. The molecule has 3 aliphatic heterocycles. The summed E-state index contributed by atoms with van der Waals surface area (Å²) in [6.07, 6.45) is 16.5. The summed E-state index contributed by atoms with van der Waals surface area (Å²) in [5, 5.41) is 9.06. The Hall–Kier alpha value is -2.28. The first-order valence-electron chi connectivity index (χ1n) is 14.9. The zero-order valence-corrected chi connectivity index (χ0v) is 22.1. The molecule has 0 spiro atoms. The molecule has 1 aromatic carbocycles. The second-order valence-corrected chi connectivity index (χ2v) is 12.4. The van der Waals surface area contributed by atoms with Crippen LogP contribution < -0.4 is 9.64 Å². The van der Waals surface area contributed by atoms with Gasteiger partial charge in [0.15, 0.2) is 6.61 Å². The van der Waals surface area contributed by atoms with Gasteiger partial charge in [-0.05, 0) is 81.8 Å². The van der Waals surface area contributed by atoms with Gasteiger partial charge in [0.2, 0.25) is 0 Å². The number of benzene rings is 1. The summed E-state index contributed by atoms with van der Waals surface area (Å²) in [6, 6.07) is 9.64. The summed E-state index contributed by atoms with van der Waals surface area (Å²) in [5.41, 5.74) is 0.837. The highest BCUT2D eigenvalue weighted by molar-refractivity contribution is 5.93. The number of carbonyl (C=O) groups excluding carboxylic acids is 1. The second-order valence-electron chi connectivity index (χ2n) is 12.4. The number of piperidine rings is 2. The van der Waals surface area contributed by atoms with Crippen LogP contribution in [-0.2, 0) is 4.79 Å². The third kappa shape index (κ3) is 5.34. The molecule has 5 fully saturated rings. The van der Waals surface area contributed by atoms with E-state index in [0.29, 0.717) is 17.8 Å². The number of hydrogen-bond donors (Lipinski definition) is 1. The number of fused-ring (bicyclic) bond motifs is 4. The molecule has 0 radical (unpaired) electrons. The number of urea groups is 1. The number of carboxylic acid groups (broad SMARTS) is 1. The van der Waals surface area contributed by atoms with E-state index >= 15 is 0 Å². The van der Waals surface area contributed by atoms with E-state index in [1.165, 1.54) is 57.8 Å². The molecule has 4 bridgehead atoms. The van der Waals surface area contributed by atoms with Gasteiger partial charge in [0.1, 0.15) is 5.75 Å². The fourth-order valence-corrected chi connectivity index (χ4v) is 8.54. The van der Waals surface area contributed by atoms with Crippen molar-refractivity contribution in [2.45, 2.75) is 108 Å². The minimum absolute atomic E-state index is 0.108. The molecule has 1 aromatic rings. The highest BCUT2D eigenvalue weighted by Gasteiger charge is 2.47. The maximum absolute atomic E-state index is 14.0. The summed E-state index contributed by atoms with van der Waals surface area (Å²) in [7, 11) is 0. The molecule has 2 aliphatic carbocycles. The number of carboxylic acids is 1. The summed E-state index contributed by atoms with van der Waals surface area (Å²) < 4.78 is 5.50. The molecule has 6 rings (SSSR count). The molecule has 3 heterocycles. The van der Waals surface area contributed by atoms with E-state index in [0.717, 1.165) is 62.3 Å². The molecule has 2 saturated carbocycles. The maximum Gasteiger partial charge on any atom is 0.341 e. The normalized spacial score (nSPS) is 33.7. The van der Waals surface area contributed by atoms with Crippen molar-refractivity contribution in [3.8, 4) is 5.75 Å². The maximum atomic E-state index is 14.0. The molecule has 0 aromatic heterocycles. The van der Waals surface area contributed by atoms with Gasteiger partial charge in [0.25, 0.3) is 0 Å². The van der Waals surface area contributed by atoms with Crippen molar-refractivity contribution in [3.05, 3.63) is 24.3 Å². The van der Waals surface area contributed by atoms with E-state index < -0.39 is 5.97 Å². The SMILES string of the molecule is O=C(O)COc1cccc(N(C(=O)N2CCCC2)C2CC3CCCC(C2)N3C2CC3CCC[C@H](C3)C2)c1. The number of amides is 2. The lowest BCUT2D eigenvalue weighted by atomic mass is 9.68. The van der Waals surface area contributed by atoms with Crippen LogP contribution in [0.1, 0.15) is 83.5 Å². The smallest absolute Gasteiger partial charge is 0.341 e. The molecule has 5 aliphatic rings. The van der Waals surface area contributed by atoms with E-state index in [-0.39, 0.29) is 18.7 Å². The third-order valence-corrected chi connectivity index (χ3v) is 9.94. The Bertz CT molecular complexity index is 953. The molecular weight excluding hydrogens is 466 g/mol. The van der Waals surface area contributed by atoms with Gasteiger partial charge >= 0.3 is 12.0 Å². The van der Waals surface area contributed by atoms with Gasteiger partial charge in [0, 0.05) is 49.0 Å². The van der Waals surface area contributed by atoms with Crippen LogP contribution in [0.4, 0.5) is 10.5 Å². The number of nitrogens with zero attached hydrogens (tertiary/aromatic N) is 3. The van der Waals surface area contributed by atoms with Crippen LogP contribution in [-0.4, -0.2) is 70.8 Å². The van der Waals surface area contributed by atoms with Gasteiger partial charge in [0.05, 0.1) is 0 Å². The fraction of sp³-hybridized carbons (Fsp3) is 0.733. The molecule has 7 heteroatoms. The first kappa shape index (κ1) is 25.0. The predicted molar refractivity (Wildman–Crippen MR) is 143 cm³/mol. The number of ether oxygens (including phenoxy) is 1. The standard InChI is InChI=1S/C30H43N3O4/c34-29(35)20-37-28-11-5-10-25(19-28)33(30(36)31-12-1-2-13-31)27-17-23-8-4-9-24(18-27)32(23)26-15-21-6-3-7-22(14-21)16-26/h5,10-11,19,21-24,26-27H,1-4,6-9,12-18,20H2,(H,34,35)/t21-,22?,23?,24?,26?,27?/m1/s1. The molecule has 2 amide bonds. The van der Waals surface area contributed by atoms with Gasteiger partial charge in [-0.3, -0.25) is 9.80 Å². The fourth-order valence-electron chi connectivity index (χ4n) is 8.54. The van der Waals surface area contributed by atoms with E-state index in [4.69, 9.17) is 9.84 Å². The van der Waals surface area contributed by atoms with Crippen LogP contribution in [0.2, 0.25) is 0 Å². The van der Waals surface area contributed by atoms with E-state index in [9.17, 15) is 9.59 Å². The van der Waals surface area contributed by atoms with E-state index in [1.54, 1.807) is 6.07 Å². The minimum atomic E-state index is -0.998. The Balaban J connectivity index is 1.25. The average molecular weight is 510 g/mol. The number of rotatable bonds is 6. The zero-order valence-electron chi connectivity index (χ0n) is 22.1. The highest BCUT2D eigenvalue weighted by atomic mass is 16.5. The van der Waals surface area contributed by atoms with Gasteiger partial charge in [-0.1, -0.05) is 31.7 Å². The van der Waals surface area contributed by atoms with Crippen LogP contribution in [0.15, 0.2) is 24.3 Å². The van der Waals surface area contributed by atoms with Gasteiger partial charge in [-0.25, -0.2) is 9.59 Å². The Morgan fingerprint density at radius 3 is 2.22 bits per heavy atom. The van der Waals surface area contributed by atoms with Gasteiger partial charge in [-0.15, -0.1) is 0 Å². The molecular formula is C30H43N3O4. The molecule has 7 nitrogen and oxygen atoms in total. The van der Waals surface area contributed by atoms with Crippen molar-refractivity contribution in [1.29, 1.82) is 0 Å². The van der Waals surface area contributed by atoms with Gasteiger partial charge < -0.3 is 14.7 Å². The van der Waals surface area contributed by atoms with Crippen molar-refractivity contribution in [2.24, 2.45) is 11.8 Å². The number of carbonyl (C=O) groups is 2. The molecule has 3 saturated heterocycles. The zero-order chi connectivity index (χ0) is 25.4. The van der Waals surface area contributed by atoms with Crippen molar-refractivity contribution >= 4 is 17.7 Å². The van der Waals surface area contributed by atoms with E-state index in [2.05, 4.69) is 9.80 Å². The Morgan fingerprint density at radius 1 is 0.865 bits per heavy atom.